The molecule has 0 amide bonds. The second-order valence-electron chi connectivity index (χ2n) is 10.4. The van der Waals surface area contributed by atoms with Crippen molar-refractivity contribution in [2.24, 2.45) is 41.4 Å². The molecule has 4 fully saturated rings. The number of rotatable bonds is 3. The third-order valence-corrected chi connectivity index (χ3v) is 8.68. The summed E-state index contributed by atoms with van der Waals surface area (Å²) < 4.78 is 5.44. The molecule has 3 aliphatic carbocycles. The van der Waals surface area contributed by atoms with Gasteiger partial charge in [-0.1, -0.05) is 6.92 Å². The molecule has 4 aliphatic rings. The van der Waals surface area contributed by atoms with E-state index in [2.05, 4.69) is 0 Å². The van der Waals surface area contributed by atoms with Gasteiger partial charge in [0.15, 0.2) is 0 Å². The Balaban J connectivity index is 1.70. The Kier molecular flexibility index (Phi) is 7.12. The molecule has 0 spiro atoms. The van der Waals surface area contributed by atoms with Crippen molar-refractivity contribution < 1.29 is 65.1 Å². The number of aliphatic hydroxyl groups is 8. The van der Waals surface area contributed by atoms with Crippen LogP contribution >= 0.6 is 0 Å². The van der Waals surface area contributed by atoms with Crippen LogP contribution in [0.4, 0.5) is 0 Å². The molecule has 1 saturated heterocycles. The lowest BCUT2D eigenvalue weighted by molar-refractivity contribution is -0.274. The third kappa shape index (κ3) is 3.85. The van der Waals surface area contributed by atoms with Gasteiger partial charge < -0.3 is 50.7 Å². The van der Waals surface area contributed by atoms with Gasteiger partial charge in [0, 0.05) is 17.8 Å². The van der Waals surface area contributed by atoms with E-state index in [4.69, 9.17) is 4.74 Å². The van der Waals surface area contributed by atoms with Gasteiger partial charge in [-0.2, -0.15) is 0 Å². The topological polar surface area (TPSA) is 243 Å². The van der Waals surface area contributed by atoms with Crippen molar-refractivity contribution in [2.75, 3.05) is 6.61 Å². The van der Waals surface area contributed by atoms with Gasteiger partial charge in [-0.25, -0.2) is 0 Å². The minimum Gasteiger partial charge on any atom is -0.481 e. The molecular weight excluding hydrogens is 472 g/mol. The molecule has 13 nitrogen and oxygen atoms in total. The minimum atomic E-state index is -1.90. The first-order valence-electron chi connectivity index (χ1n) is 11.7. The normalized spacial score (nSPS) is 54.7. The lowest BCUT2D eigenvalue weighted by atomic mass is 9.50. The number of aliphatic hydroxyl groups excluding tert-OH is 8. The van der Waals surface area contributed by atoms with Crippen molar-refractivity contribution >= 4 is 17.5 Å². The molecule has 16 unspecified atom stereocenters. The fourth-order valence-corrected chi connectivity index (χ4v) is 6.94. The number of carboxylic acid groups (broad SMARTS) is 1. The van der Waals surface area contributed by atoms with Gasteiger partial charge in [0.2, 0.25) is 0 Å². The number of carbonyl (C=O) groups excluding carboxylic acids is 2. The largest absolute Gasteiger partial charge is 0.481 e. The summed E-state index contributed by atoms with van der Waals surface area (Å²) in [5.41, 5.74) is 0. The zero-order chi connectivity index (χ0) is 26.1. The number of ketones is 2. The summed E-state index contributed by atoms with van der Waals surface area (Å²) >= 11 is 0. The van der Waals surface area contributed by atoms with Crippen molar-refractivity contribution in [3.05, 3.63) is 0 Å². The van der Waals surface area contributed by atoms with E-state index in [0.29, 0.717) is 0 Å². The molecular formula is C22H32O13. The molecule has 1 aliphatic heterocycles. The Morgan fingerprint density at radius 2 is 1.43 bits per heavy atom. The molecule has 198 valence electrons. The van der Waals surface area contributed by atoms with Crippen LogP contribution in [-0.2, 0) is 19.1 Å². The van der Waals surface area contributed by atoms with Crippen LogP contribution in [0.25, 0.3) is 0 Å². The molecule has 35 heavy (non-hydrogen) atoms. The first kappa shape index (κ1) is 26.5. The smallest absolute Gasteiger partial charge is 0.309 e. The molecule has 0 aromatic rings. The standard InChI is InChI=1S/C22H32O13/c1-4-8-5(2-6(24)9(4)22(33)34)13(25)10-11(15(8)27)16(28)12(18(30)17(10)29)21-20(32)19(31)14(26)7(3-23)35-21/h4-12,14,16-21,23-24,26,28-32H,2-3H2,1H3,(H,33,34). The quantitative estimate of drug-likeness (QED) is 0.176. The molecule has 13 heteroatoms. The van der Waals surface area contributed by atoms with Crippen molar-refractivity contribution in [1.82, 2.24) is 0 Å². The number of Topliss-reactive ketones (excluding diaryl/α,β-unsaturated/α-hetero) is 2. The fraction of sp³-hybridized carbons (Fsp3) is 0.864. The van der Waals surface area contributed by atoms with Crippen LogP contribution in [0, 0.1) is 41.4 Å². The van der Waals surface area contributed by atoms with Crippen molar-refractivity contribution in [3.8, 4) is 0 Å². The second kappa shape index (κ2) is 9.39. The first-order valence-corrected chi connectivity index (χ1v) is 11.7. The Bertz CT molecular complexity index is 862. The Hall–Kier alpha value is -1.55. The predicted molar refractivity (Wildman–Crippen MR) is 110 cm³/mol. The molecule has 0 bridgehead atoms. The van der Waals surface area contributed by atoms with Crippen molar-refractivity contribution in [1.29, 1.82) is 0 Å². The predicted octanol–water partition coefficient (Wildman–Crippen LogP) is -4.74. The molecule has 0 radical (unpaired) electrons. The lowest BCUT2D eigenvalue weighted by Crippen LogP contribution is -2.71. The summed E-state index contributed by atoms with van der Waals surface area (Å²) in [6.07, 6.45) is -15.8. The van der Waals surface area contributed by atoms with E-state index in [1.807, 2.05) is 0 Å². The van der Waals surface area contributed by atoms with Gasteiger partial charge in [0.1, 0.15) is 36.0 Å². The lowest BCUT2D eigenvalue weighted by Gasteiger charge is -2.55. The van der Waals surface area contributed by atoms with E-state index in [1.165, 1.54) is 6.92 Å². The van der Waals surface area contributed by atoms with Gasteiger partial charge in [-0.15, -0.1) is 0 Å². The average molecular weight is 504 g/mol. The SMILES string of the molecule is CC1C(C(=O)O)C(O)CC2C(=O)C3C(O)C(O)C(C4OC(CO)C(O)C(O)C4O)C(O)C3C(=O)C21. The Morgan fingerprint density at radius 1 is 0.829 bits per heavy atom. The summed E-state index contributed by atoms with van der Waals surface area (Å²) in [5.74, 6) is -12.0. The maximum atomic E-state index is 13.6. The second-order valence-corrected chi connectivity index (χ2v) is 10.4. The molecule has 9 N–H and O–H groups in total. The molecule has 1 heterocycles. The summed E-state index contributed by atoms with van der Waals surface area (Å²) in [5, 5.41) is 93.0. The minimum absolute atomic E-state index is 0.325. The van der Waals surface area contributed by atoms with Crippen LogP contribution in [0.15, 0.2) is 0 Å². The highest BCUT2D eigenvalue weighted by molar-refractivity contribution is 6.01. The fourth-order valence-electron chi connectivity index (χ4n) is 6.94. The zero-order valence-corrected chi connectivity index (χ0v) is 18.8. The number of hydrogen-bond acceptors (Lipinski definition) is 12. The molecule has 0 aromatic heterocycles. The Morgan fingerprint density at radius 3 is 2.00 bits per heavy atom. The highest BCUT2D eigenvalue weighted by Gasteiger charge is 2.66. The van der Waals surface area contributed by atoms with E-state index in [-0.39, 0.29) is 6.42 Å². The van der Waals surface area contributed by atoms with E-state index in [9.17, 15) is 60.3 Å². The van der Waals surface area contributed by atoms with Gasteiger partial charge in [-0.05, 0) is 12.3 Å². The van der Waals surface area contributed by atoms with Gasteiger partial charge in [0.05, 0.1) is 54.9 Å². The van der Waals surface area contributed by atoms with Crippen molar-refractivity contribution in [2.45, 2.75) is 68.3 Å². The molecule has 4 rings (SSSR count). The van der Waals surface area contributed by atoms with Gasteiger partial charge in [0.25, 0.3) is 0 Å². The van der Waals surface area contributed by atoms with E-state index >= 15 is 0 Å². The van der Waals surface area contributed by atoms with Crippen LogP contribution in [0.2, 0.25) is 0 Å². The first-order chi connectivity index (χ1) is 16.3. The van der Waals surface area contributed by atoms with Crippen LogP contribution in [0.5, 0.6) is 0 Å². The summed E-state index contributed by atoms with van der Waals surface area (Å²) in [7, 11) is 0. The number of hydrogen-bond donors (Lipinski definition) is 9. The number of fused-ring (bicyclic) bond motifs is 2. The third-order valence-electron chi connectivity index (χ3n) is 8.68. The zero-order valence-electron chi connectivity index (χ0n) is 18.8. The molecule has 16 atom stereocenters. The number of aliphatic carboxylic acids is 1. The maximum Gasteiger partial charge on any atom is 0.309 e. The van der Waals surface area contributed by atoms with E-state index in [1.54, 1.807) is 0 Å². The number of carboxylic acids is 1. The summed E-state index contributed by atoms with van der Waals surface area (Å²) in [6, 6.07) is 0. The van der Waals surface area contributed by atoms with Crippen LogP contribution < -0.4 is 0 Å². The van der Waals surface area contributed by atoms with Gasteiger partial charge in [-0.3, -0.25) is 14.4 Å². The molecule has 3 saturated carbocycles. The maximum absolute atomic E-state index is 13.6. The number of carbonyl (C=O) groups is 3. The highest BCUT2D eigenvalue weighted by Crippen LogP contribution is 2.52. The average Bonchev–Trinajstić information content (AvgIpc) is 2.79. The Labute approximate surface area is 199 Å². The molecule has 0 aromatic carbocycles. The van der Waals surface area contributed by atoms with Crippen LogP contribution in [0.3, 0.4) is 0 Å². The highest BCUT2D eigenvalue weighted by atomic mass is 16.5. The van der Waals surface area contributed by atoms with Crippen LogP contribution in [0.1, 0.15) is 13.3 Å². The monoisotopic (exact) mass is 504 g/mol. The van der Waals surface area contributed by atoms with Crippen LogP contribution in [-0.4, -0.2) is 125 Å². The number of ether oxygens (including phenoxy) is 1. The van der Waals surface area contributed by atoms with Crippen molar-refractivity contribution in [3.63, 3.8) is 0 Å². The van der Waals surface area contributed by atoms with E-state index < -0.39 is 121 Å². The van der Waals surface area contributed by atoms with Gasteiger partial charge >= 0.3 is 5.97 Å². The summed E-state index contributed by atoms with van der Waals surface area (Å²) in [6.45, 7) is 0.631. The van der Waals surface area contributed by atoms with E-state index in [0.717, 1.165) is 0 Å². The summed E-state index contributed by atoms with van der Waals surface area (Å²) in [4.78, 5) is 38.7.